The monoisotopic (exact) mass is 296 g/mol. The zero-order valence-corrected chi connectivity index (χ0v) is 11.9. The van der Waals surface area contributed by atoms with E-state index in [9.17, 15) is 4.39 Å². The zero-order chi connectivity index (χ0) is 13.2. The normalized spacial score (nSPS) is 16.7. The zero-order valence-electron chi connectivity index (χ0n) is 10.3. The molecule has 1 aromatic carbocycles. The van der Waals surface area contributed by atoms with Gasteiger partial charge in [-0.1, -0.05) is 11.6 Å². The smallest absolute Gasteiger partial charge is 0.124 e. The van der Waals surface area contributed by atoms with Gasteiger partial charge in [0.2, 0.25) is 0 Å². The van der Waals surface area contributed by atoms with Crippen molar-refractivity contribution in [2.75, 3.05) is 13.1 Å². The minimum Gasteiger partial charge on any atom is -0.317 e. The number of hydrogen-bond acceptors (Lipinski definition) is 3. The van der Waals surface area contributed by atoms with Crippen LogP contribution < -0.4 is 5.32 Å². The maximum Gasteiger partial charge on any atom is 0.124 e. The molecule has 1 N–H and O–H groups in total. The molecule has 3 rings (SSSR count). The second-order valence-electron chi connectivity index (χ2n) is 4.72. The Morgan fingerprint density at radius 1 is 1.32 bits per heavy atom. The molecule has 0 aliphatic carbocycles. The van der Waals surface area contributed by atoms with Crippen molar-refractivity contribution in [3.8, 4) is 11.3 Å². The van der Waals surface area contributed by atoms with Gasteiger partial charge in [0, 0.05) is 16.9 Å². The number of halogens is 2. The lowest BCUT2D eigenvalue weighted by molar-refractivity contribution is 0.459. The summed E-state index contributed by atoms with van der Waals surface area (Å²) in [5, 5.41) is 6.95. The lowest BCUT2D eigenvalue weighted by atomic mass is 9.99. The number of hydrogen-bond donors (Lipinski definition) is 1. The molecular formula is C14H14ClFN2S. The second-order valence-corrected chi connectivity index (χ2v) is 6.02. The summed E-state index contributed by atoms with van der Waals surface area (Å²) in [6.07, 6.45) is 2.26. The average molecular weight is 297 g/mol. The molecule has 0 saturated carbocycles. The van der Waals surface area contributed by atoms with Gasteiger partial charge in [-0.25, -0.2) is 9.37 Å². The highest BCUT2D eigenvalue weighted by molar-refractivity contribution is 7.10. The van der Waals surface area contributed by atoms with Crippen molar-refractivity contribution in [1.82, 2.24) is 10.3 Å². The summed E-state index contributed by atoms with van der Waals surface area (Å²) in [6.45, 7) is 2.10. The molecular weight excluding hydrogens is 283 g/mol. The average Bonchev–Trinajstić information content (AvgIpc) is 2.89. The van der Waals surface area contributed by atoms with Gasteiger partial charge in [0.15, 0.2) is 0 Å². The van der Waals surface area contributed by atoms with E-state index < -0.39 is 0 Å². The van der Waals surface area contributed by atoms with E-state index in [0.29, 0.717) is 10.9 Å². The molecule has 1 aromatic heterocycles. The third kappa shape index (κ3) is 2.81. The van der Waals surface area contributed by atoms with Gasteiger partial charge in [-0.15, -0.1) is 11.3 Å². The topological polar surface area (TPSA) is 24.9 Å². The molecule has 0 atom stereocenters. The highest BCUT2D eigenvalue weighted by Crippen LogP contribution is 2.34. The summed E-state index contributed by atoms with van der Waals surface area (Å²) >= 11 is 7.75. The van der Waals surface area contributed by atoms with Crippen LogP contribution in [0.5, 0.6) is 0 Å². The van der Waals surface area contributed by atoms with Crippen molar-refractivity contribution in [3.05, 3.63) is 39.4 Å². The van der Waals surface area contributed by atoms with Crippen molar-refractivity contribution >= 4 is 22.9 Å². The number of aromatic nitrogens is 1. The molecule has 19 heavy (non-hydrogen) atoms. The molecule has 2 heterocycles. The minimum atomic E-state index is -0.317. The molecule has 5 heteroatoms. The maximum absolute atomic E-state index is 13.1. The molecule has 100 valence electrons. The van der Waals surface area contributed by atoms with E-state index >= 15 is 0 Å². The predicted octanol–water partition coefficient (Wildman–Crippen LogP) is 4.07. The number of piperidine rings is 1. The highest BCUT2D eigenvalue weighted by atomic mass is 35.5. The van der Waals surface area contributed by atoms with Crippen LogP contribution in [0.2, 0.25) is 5.02 Å². The van der Waals surface area contributed by atoms with E-state index in [4.69, 9.17) is 11.6 Å². The first-order valence-corrected chi connectivity index (χ1v) is 7.61. The summed E-state index contributed by atoms with van der Waals surface area (Å²) < 4.78 is 13.1. The summed E-state index contributed by atoms with van der Waals surface area (Å²) in [6, 6.07) is 4.45. The number of benzene rings is 1. The standard InChI is InChI=1S/C14H14ClFN2S/c15-12-7-10(16)1-2-11(12)13-8-19-14(18-13)9-3-5-17-6-4-9/h1-2,7-9,17H,3-6H2. The quantitative estimate of drug-likeness (QED) is 0.903. The van der Waals surface area contributed by atoms with Crippen LogP contribution in [0.15, 0.2) is 23.6 Å². The number of rotatable bonds is 2. The van der Waals surface area contributed by atoms with E-state index in [1.54, 1.807) is 17.4 Å². The molecule has 0 unspecified atom stereocenters. The Hall–Kier alpha value is -0.970. The largest absolute Gasteiger partial charge is 0.317 e. The fourth-order valence-electron chi connectivity index (χ4n) is 2.36. The van der Waals surface area contributed by atoms with Gasteiger partial charge >= 0.3 is 0 Å². The van der Waals surface area contributed by atoms with Gasteiger partial charge in [-0.2, -0.15) is 0 Å². The predicted molar refractivity (Wildman–Crippen MR) is 77.4 cm³/mol. The fraction of sp³-hybridized carbons (Fsp3) is 0.357. The minimum absolute atomic E-state index is 0.317. The van der Waals surface area contributed by atoms with Crippen LogP contribution in [0.4, 0.5) is 4.39 Å². The molecule has 2 aromatic rings. The van der Waals surface area contributed by atoms with E-state index in [-0.39, 0.29) is 5.82 Å². The lowest BCUT2D eigenvalue weighted by Crippen LogP contribution is -2.26. The van der Waals surface area contributed by atoms with Crippen LogP contribution in [0.25, 0.3) is 11.3 Å². The van der Waals surface area contributed by atoms with E-state index in [2.05, 4.69) is 10.3 Å². The first-order valence-electron chi connectivity index (χ1n) is 6.35. The molecule has 1 fully saturated rings. The Morgan fingerprint density at radius 3 is 2.84 bits per heavy atom. The Kier molecular flexibility index (Phi) is 3.82. The molecule has 1 aliphatic rings. The third-order valence-electron chi connectivity index (χ3n) is 3.42. The third-order valence-corrected chi connectivity index (χ3v) is 4.74. The number of nitrogens with zero attached hydrogens (tertiary/aromatic N) is 1. The number of thiazole rings is 1. The Morgan fingerprint density at radius 2 is 2.11 bits per heavy atom. The van der Waals surface area contributed by atoms with Gasteiger partial charge < -0.3 is 5.32 Å². The molecule has 2 nitrogen and oxygen atoms in total. The van der Waals surface area contributed by atoms with Crippen LogP contribution in [-0.4, -0.2) is 18.1 Å². The first-order chi connectivity index (χ1) is 9.24. The van der Waals surface area contributed by atoms with Crippen molar-refractivity contribution in [2.45, 2.75) is 18.8 Å². The van der Waals surface area contributed by atoms with Crippen molar-refractivity contribution in [3.63, 3.8) is 0 Å². The molecule has 0 radical (unpaired) electrons. The molecule has 0 amide bonds. The van der Waals surface area contributed by atoms with E-state index in [1.807, 2.05) is 5.38 Å². The molecule has 0 bridgehead atoms. The number of nitrogens with one attached hydrogen (secondary N) is 1. The second kappa shape index (κ2) is 5.57. The van der Waals surface area contributed by atoms with E-state index in [0.717, 1.165) is 42.2 Å². The maximum atomic E-state index is 13.1. The van der Waals surface area contributed by atoms with Gasteiger partial charge in [0.1, 0.15) is 5.82 Å². The SMILES string of the molecule is Fc1ccc(-c2csc(C3CCNCC3)n2)c(Cl)c1. The van der Waals surface area contributed by atoms with Crippen molar-refractivity contribution < 1.29 is 4.39 Å². The van der Waals surface area contributed by atoms with E-state index in [1.165, 1.54) is 12.1 Å². The highest BCUT2D eigenvalue weighted by Gasteiger charge is 2.19. The first kappa shape index (κ1) is 13.0. The van der Waals surface area contributed by atoms with Gasteiger partial charge in [-0.3, -0.25) is 0 Å². The summed E-state index contributed by atoms with van der Waals surface area (Å²) in [5.74, 6) is 0.224. The van der Waals surface area contributed by atoms with Gasteiger partial charge in [-0.05, 0) is 44.1 Å². The Bertz CT molecular complexity index is 579. The van der Waals surface area contributed by atoms with Crippen LogP contribution in [-0.2, 0) is 0 Å². The Balaban J connectivity index is 1.87. The summed E-state index contributed by atoms with van der Waals surface area (Å²) in [7, 11) is 0. The fourth-order valence-corrected chi connectivity index (χ4v) is 3.62. The summed E-state index contributed by atoms with van der Waals surface area (Å²) in [5.41, 5.74) is 1.66. The van der Waals surface area contributed by atoms with Crippen LogP contribution in [0, 0.1) is 5.82 Å². The molecule has 1 aliphatic heterocycles. The van der Waals surface area contributed by atoms with Gasteiger partial charge in [0.25, 0.3) is 0 Å². The van der Waals surface area contributed by atoms with Crippen LogP contribution >= 0.6 is 22.9 Å². The summed E-state index contributed by atoms with van der Waals surface area (Å²) in [4.78, 5) is 4.68. The van der Waals surface area contributed by atoms with Crippen LogP contribution in [0.3, 0.4) is 0 Å². The van der Waals surface area contributed by atoms with Crippen molar-refractivity contribution in [2.24, 2.45) is 0 Å². The van der Waals surface area contributed by atoms with Gasteiger partial charge in [0.05, 0.1) is 15.7 Å². The Labute approximate surface area is 120 Å². The van der Waals surface area contributed by atoms with Crippen LogP contribution in [0.1, 0.15) is 23.8 Å². The molecule has 0 spiro atoms. The lowest BCUT2D eigenvalue weighted by Gasteiger charge is -2.20. The molecule has 1 saturated heterocycles. The van der Waals surface area contributed by atoms with Crippen molar-refractivity contribution in [1.29, 1.82) is 0 Å².